The number of carbonyl (C=O) groups is 1. The van der Waals surface area contributed by atoms with Gasteiger partial charge >= 0.3 is 12.1 Å². The number of alkyl halides is 3. The summed E-state index contributed by atoms with van der Waals surface area (Å²) in [5, 5.41) is 10.2. The van der Waals surface area contributed by atoms with E-state index in [1.807, 2.05) is 13.8 Å². The molecule has 0 saturated heterocycles. The molecular formula is C15H15F3N6O2S. The maximum absolute atomic E-state index is 12.5. The molecular weight excluding hydrogens is 385 g/mol. The van der Waals surface area contributed by atoms with Crippen LogP contribution in [0.2, 0.25) is 0 Å². The van der Waals surface area contributed by atoms with Crippen LogP contribution in [0.25, 0.3) is 10.7 Å². The molecule has 0 aliphatic rings. The average Bonchev–Trinajstić information content (AvgIpc) is 3.32. The number of hydrogen-bond acceptors (Lipinski definition) is 7. The Bertz CT molecular complexity index is 930. The van der Waals surface area contributed by atoms with E-state index >= 15 is 0 Å². The van der Waals surface area contributed by atoms with Crippen molar-refractivity contribution in [3.8, 4) is 10.7 Å². The number of aromatic nitrogens is 5. The molecule has 27 heavy (non-hydrogen) atoms. The Hall–Kier alpha value is -2.76. The third kappa shape index (κ3) is 4.70. The van der Waals surface area contributed by atoms with Gasteiger partial charge in [-0.05, 0) is 18.1 Å². The minimum atomic E-state index is -4.68. The zero-order valence-corrected chi connectivity index (χ0v) is 15.1. The summed E-state index contributed by atoms with van der Waals surface area (Å²) in [4.78, 5) is 20.5. The van der Waals surface area contributed by atoms with Crippen LogP contribution in [0.5, 0.6) is 0 Å². The number of nitrogens with one attached hydrogen (secondary N) is 1. The van der Waals surface area contributed by atoms with Crippen molar-refractivity contribution < 1.29 is 22.5 Å². The second kappa shape index (κ2) is 7.47. The summed E-state index contributed by atoms with van der Waals surface area (Å²) in [6.07, 6.45) is -3.27. The van der Waals surface area contributed by atoms with Crippen LogP contribution < -0.4 is 5.32 Å². The molecule has 1 amide bonds. The van der Waals surface area contributed by atoms with Gasteiger partial charge in [0.05, 0.1) is 11.4 Å². The van der Waals surface area contributed by atoms with Crippen molar-refractivity contribution in [2.75, 3.05) is 6.54 Å². The number of amides is 1. The smallest absolute Gasteiger partial charge is 0.349 e. The lowest BCUT2D eigenvalue weighted by atomic mass is 10.2. The number of thiophene rings is 1. The summed E-state index contributed by atoms with van der Waals surface area (Å²) in [5.74, 6) is -1.52. The van der Waals surface area contributed by atoms with Crippen molar-refractivity contribution in [3.05, 3.63) is 35.1 Å². The molecule has 0 aliphatic carbocycles. The molecule has 0 aliphatic heterocycles. The van der Waals surface area contributed by atoms with Gasteiger partial charge in [-0.1, -0.05) is 19.0 Å². The second-order valence-corrected chi connectivity index (χ2v) is 7.22. The maximum Gasteiger partial charge on any atom is 0.471 e. The Morgan fingerprint density at radius 1 is 1.37 bits per heavy atom. The van der Waals surface area contributed by atoms with Crippen LogP contribution >= 0.6 is 11.3 Å². The molecule has 0 radical (unpaired) electrons. The third-order valence-electron chi connectivity index (χ3n) is 3.28. The van der Waals surface area contributed by atoms with Crippen LogP contribution in [0.3, 0.4) is 0 Å². The molecule has 0 fully saturated rings. The van der Waals surface area contributed by atoms with Crippen molar-refractivity contribution in [2.45, 2.75) is 26.6 Å². The summed E-state index contributed by atoms with van der Waals surface area (Å²) >= 11 is 1.20. The maximum atomic E-state index is 12.5. The Kier molecular flexibility index (Phi) is 5.26. The predicted octanol–water partition coefficient (Wildman–Crippen LogP) is 2.84. The highest BCUT2D eigenvalue weighted by Gasteiger charge is 2.38. The van der Waals surface area contributed by atoms with E-state index < -0.39 is 12.1 Å². The topological polar surface area (TPSA) is 98.7 Å². The number of carbonyl (C=O) groups excluding carboxylic acids is 1. The van der Waals surface area contributed by atoms with Crippen LogP contribution in [0, 0.1) is 5.92 Å². The molecule has 144 valence electrons. The number of rotatable bonds is 6. The number of nitrogens with zero attached hydrogens (tertiary/aromatic N) is 5. The summed E-state index contributed by atoms with van der Waals surface area (Å²) in [6.45, 7) is 4.77. The van der Waals surface area contributed by atoms with Gasteiger partial charge < -0.3 is 9.84 Å². The van der Waals surface area contributed by atoms with Gasteiger partial charge in [0.1, 0.15) is 6.33 Å². The molecule has 3 rings (SSSR count). The van der Waals surface area contributed by atoms with Crippen molar-refractivity contribution in [1.82, 2.24) is 30.2 Å². The predicted molar refractivity (Wildman–Crippen MR) is 88.9 cm³/mol. The van der Waals surface area contributed by atoms with Crippen LogP contribution in [-0.4, -0.2) is 37.4 Å². The quantitative estimate of drug-likeness (QED) is 0.683. The van der Waals surface area contributed by atoms with Crippen LogP contribution in [0.15, 0.2) is 23.0 Å². The van der Waals surface area contributed by atoms with Gasteiger partial charge in [-0.3, -0.25) is 4.79 Å². The summed E-state index contributed by atoms with van der Waals surface area (Å²) in [6, 6.07) is 3.31. The largest absolute Gasteiger partial charge is 0.471 e. The van der Waals surface area contributed by atoms with Crippen LogP contribution in [-0.2, 0) is 12.7 Å². The number of halogens is 3. The lowest BCUT2D eigenvalue weighted by molar-refractivity contribution is -0.159. The molecule has 8 nitrogen and oxygen atoms in total. The van der Waals surface area contributed by atoms with Gasteiger partial charge in [0.25, 0.3) is 5.91 Å². The molecule has 0 spiro atoms. The molecule has 12 heteroatoms. The molecule has 1 N–H and O–H groups in total. The molecule has 0 saturated carbocycles. The summed E-state index contributed by atoms with van der Waals surface area (Å²) in [7, 11) is 0. The average molecular weight is 400 g/mol. The van der Waals surface area contributed by atoms with E-state index in [4.69, 9.17) is 0 Å². The first-order valence-electron chi connectivity index (χ1n) is 7.90. The van der Waals surface area contributed by atoms with E-state index in [1.54, 1.807) is 12.1 Å². The zero-order valence-electron chi connectivity index (χ0n) is 14.3. The van der Waals surface area contributed by atoms with Gasteiger partial charge in [-0.15, -0.1) is 16.4 Å². The normalized spacial score (nSPS) is 11.9. The van der Waals surface area contributed by atoms with Gasteiger partial charge in [0.2, 0.25) is 11.6 Å². The van der Waals surface area contributed by atoms with E-state index in [1.165, 1.54) is 22.3 Å². The fraction of sp³-hybridized carbons (Fsp3) is 0.400. The zero-order chi connectivity index (χ0) is 19.6. The lowest BCUT2D eigenvalue weighted by Crippen LogP contribution is -2.28. The minimum absolute atomic E-state index is 0.0559. The third-order valence-corrected chi connectivity index (χ3v) is 4.34. The van der Waals surface area contributed by atoms with Gasteiger partial charge in [0, 0.05) is 11.4 Å². The number of hydrogen-bond donors (Lipinski definition) is 1. The standard InChI is InChI=1S/C15H15F3N6O2S/c1-8(2)5-19-13(25)12-20-7-24(22-12)6-9-3-4-10(27-9)11-21-14(26-23-11)15(16,17)18/h3-4,7-8H,5-6H2,1-2H3,(H,19,25). The van der Waals surface area contributed by atoms with E-state index in [2.05, 4.69) is 30.1 Å². The minimum Gasteiger partial charge on any atom is -0.349 e. The Labute approximate surface area is 155 Å². The van der Waals surface area contributed by atoms with Crippen molar-refractivity contribution in [1.29, 1.82) is 0 Å². The van der Waals surface area contributed by atoms with E-state index in [0.717, 1.165) is 4.88 Å². The SMILES string of the molecule is CC(C)CNC(=O)c1ncn(Cc2ccc(-c3noc(C(F)(F)F)n3)s2)n1. The van der Waals surface area contributed by atoms with Gasteiger partial charge in [-0.25, -0.2) is 9.67 Å². The Balaban J connectivity index is 1.66. The molecule has 3 aromatic heterocycles. The molecule has 3 heterocycles. The molecule has 0 atom stereocenters. The highest BCUT2D eigenvalue weighted by molar-refractivity contribution is 7.15. The van der Waals surface area contributed by atoms with E-state index in [-0.39, 0.29) is 17.6 Å². The van der Waals surface area contributed by atoms with Crippen molar-refractivity contribution >= 4 is 17.2 Å². The van der Waals surface area contributed by atoms with Crippen molar-refractivity contribution in [2.24, 2.45) is 5.92 Å². The molecule has 0 aromatic carbocycles. The van der Waals surface area contributed by atoms with Crippen molar-refractivity contribution in [3.63, 3.8) is 0 Å². The fourth-order valence-electron chi connectivity index (χ4n) is 2.03. The van der Waals surface area contributed by atoms with Crippen LogP contribution in [0.4, 0.5) is 13.2 Å². The fourth-order valence-corrected chi connectivity index (χ4v) is 2.96. The Morgan fingerprint density at radius 2 is 2.15 bits per heavy atom. The molecule has 0 unspecified atom stereocenters. The first-order chi connectivity index (χ1) is 12.7. The van der Waals surface area contributed by atoms with Gasteiger partial charge in [0.15, 0.2) is 0 Å². The first-order valence-corrected chi connectivity index (χ1v) is 8.71. The summed E-state index contributed by atoms with van der Waals surface area (Å²) < 4.78 is 43.3. The molecule has 3 aromatic rings. The Morgan fingerprint density at radius 3 is 2.81 bits per heavy atom. The lowest BCUT2D eigenvalue weighted by Gasteiger charge is -2.04. The van der Waals surface area contributed by atoms with Gasteiger partial charge in [-0.2, -0.15) is 18.2 Å². The highest BCUT2D eigenvalue weighted by Crippen LogP contribution is 2.31. The summed E-state index contributed by atoms with van der Waals surface area (Å²) in [5.41, 5.74) is 0. The van der Waals surface area contributed by atoms with E-state index in [9.17, 15) is 18.0 Å². The highest BCUT2D eigenvalue weighted by atomic mass is 32.1. The monoisotopic (exact) mass is 400 g/mol. The van der Waals surface area contributed by atoms with E-state index in [0.29, 0.717) is 23.9 Å². The molecule has 0 bridgehead atoms. The van der Waals surface area contributed by atoms with Crippen LogP contribution in [0.1, 0.15) is 35.2 Å². The first kappa shape index (κ1) is 19.0. The second-order valence-electron chi connectivity index (χ2n) is 6.06.